The van der Waals surface area contributed by atoms with Gasteiger partial charge in [0, 0.05) is 4.47 Å². The van der Waals surface area contributed by atoms with Gasteiger partial charge in [0.05, 0.1) is 11.1 Å². The van der Waals surface area contributed by atoms with Gasteiger partial charge in [-0.15, -0.1) is 10.2 Å². The molecule has 0 fully saturated rings. The second kappa shape index (κ2) is 10.8. The van der Waals surface area contributed by atoms with E-state index < -0.39 is 10.2 Å². The van der Waals surface area contributed by atoms with Crippen LogP contribution in [0.3, 0.4) is 0 Å². The number of hydrogen-bond donors (Lipinski definition) is 0. The van der Waals surface area contributed by atoms with E-state index in [0.29, 0.717) is 0 Å². The van der Waals surface area contributed by atoms with Gasteiger partial charge in [0.1, 0.15) is 5.38 Å². The number of rotatable bonds is 4. The van der Waals surface area contributed by atoms with Crippen molar-refractivity contribution < 1.29 is 33.3 Å². The third-order valence-electron chi connectivity index (χ3n) is 4.02. The zero-order chi connectivity index (χ0) is 22.3. The molecule has 0 N–H and O–H groups in total. The van der Waals surface area contributed by atoms with Gasteiger partial charge in [-0.25, -0.2) is 18.6 Å². The summed E-state index contributed by atoms with van der Waals surface area (Å²) in [7, 11) is -4.94. The van der Waals surface area contributed by atoms with Crippen LogP contribution in [0, 0.1) is 10.2 Å². The van der Waals surface area contributed by atoms with E-state index in [1.165, 1.54) is 0 Å². The largest absolute Gasteiger partial charge is 0.418 e. The van der Waals surface area contributed by atoms with Crippen LogP contribution in [0.5, 0.6) is 0 Å². The molecule has 1 heterocycles. The highest BCUT2D eigenvalue weighted by Gasteiger charge is 2.24. The lowest BCUT2D eigenvalue weighted by Crippen LogP contribution is -2.68. The van der Waals surface area contributed by atoms with Crippen molar-refractivity contribution in [3.63, 3.8) is 0 Å². The van der Waals surface area contributed by atoms with E-state index >= 15 is 0 Å². The normalized spacial score (nSPS) is 11.6. The Labute approximate surface area is 194 Å². The van der Waals surface area contributed by atoms with Gasteiger partial charge in [0.25, 0.3) is 0 Å². The molecule has 0 atom stereocenters. The molecule has 0 saturated carbocycles. The Morgan fingerprint density at radius 3 is 1.94 bits per heavy atom. The summed E-state index contributed by atoms with van der Waals surface area (Å²) in [5.74, 6) is 0.882. The van der Waals surface area contributed by atoms with E-state index in [0.717, 1.165) is 37.6 Å². The van der Waals surface area contributed by atoms with Crippen molar-refractivity contribution in [1.82, 2.24) is 0 Å². The van der Waals surface area contributed by atoms with E-state index in [1.807, 2.05) is 36.4 Å². The Kier molecular flexibility index (Phi) is 8.11. The second-order valence-electron chi connectivity index (χ2n) is 6.21. The van der Waals surface area contributed by atoms with Crippen LogP contribution in [0.1, 0.15) is 16.2 Å². The minimum absolute atomic E-state index is 0.882. The van der Waals surface area contributed by atoms with Crippen LogP contribution in [-0.2, 0) is 0 Å². The predicted octanol–water partition coefficient (Wildman–Crippen LogP) is 2.88. The molecule has 1 aromatic heterocycles. The molecule has 31 heavy (non-hydrogen) atoms. The van der Waals surface area contributed by atoms with Crippen LogP contribution in [0.25, 0.3) is 23.0 Å². The number of benzene rings is 3. The van der Waals surface area contributed by atoms with Crippen LogP contribution in [0.2, 0.25) is 0 Å². The minimum atomic E-state index is -4.94. The summed E-state index contributed by atoms with van der Waals surface area (Å²) >= 11 is 5.10. The van der Waals surface area contributed by atoms with E-state index in [9.17, 15) is 0 Å². The fourth-order valence-corrected chi connectivity index (χ4v) is 3.81. The predicted molar refractivity (Wildman–Crippen MR) is 114 cm³/mol. The topological polar surface area (TPSA) is 104 Å². The van der Waals surface area contributed by atoms with Gasteiger partial charge < -0.3 is 0 Å². The quantitative estimate of drug-likeness (QED) is 0.305. The van der Waals surface area contributed by atoms with Gasteiger partial charge in [-0.1, -0.05) is 76.6 Å². The van der Waals surface area contributed by atoms with Gasteiger partial charge >= 0.3 is 10.8 Å². The molecule has 5 nitrogen and oxygen atoms in total. The summed E-state index contributed by atoms with van der Waals surface area (Å²) in [5.41, 5.74) is 4.46. The molecule has 0 unspecified atom stereocenters. The van der Waals surface area contributed by atoms with Crippen molar-refractivity contribution in [3.8, 4) is 11.3 Å². The highest BCUT2D eigenvalue weighted by Crippen LogP contribution is 2.34. The highest BCUT2D eigenvalue weighted by atomic mass is 79.9. The lowest BCUT2D eigenvalue weighted by molar-refractivity contribution is -2.00. The molecular formula is C23H16BrClO5S. The van der Waals surface area contributed by atoms with E-state index in [1.54, 1.807) is 11.3 Å². The average Bonchev–Trinajstić information content (AvgIpc) is 3.23. The third kappa shape index (κ3) is 7.68. The maximum Gasteiger partial charge on any atom is 0.418 e. The van der Waals surface area contributed by atoms with Gasteiger partial charge in [0.15, 0.2) is 0 Å². The van der Waals surface area contributed by atoms with Crippen molar-refractivity contribution in [2.24, 2.45) is 0 Å². The molecule has 0 aliphatic heterocycles. The molecule has 8 heteroatoms. The Morgan fingerprint density at radius 1 is 0.806 bits per heavy atom. The summed E-state index contributed by atoms with van der Waals surface area (Å²) in [4.78, 5) is 0. The van der Waals surface area contributed by atoms with Crippen molar-refractivity contribution >= 4 is 38.9 Å². The molecule has 3 aromatic carbocycles. The zero-order valence-electron chi connectivity index (χ0n) is 15.9. The Bertz CT molecular complexity index is 1120. The van der Waals surface area contributed by atoms with Crippen molar-refractivity contribution in [3.05, 3.63) is 111 Å². The first kappa shape index (κ1) is 23.3. The molecular weight excluding hydrogens is 504 g/mol. The Balaban J connectivity index is 0.000000491. The molecule has 4 aromatic rings. The van der Waals surface area contributed by atoms with Crippen LogP contribution >= 0.6 is 27.3 Å². The minimum Gasteiger partial charge on any atom is -0.222 e. The summed E-state index contributed by atoms with van der Waals surface area (Å²) in [5, 5.41) is 2.97. The maximum absolute atomic E-state index is 8.49. The van der Waals surface area contributed by atoms with Crippen LogP contribution in [-0.4, -0.2) is 0 Å². The lowest BCUT2D eigenvalue weighted by atomic mass is 10.0. The van der Waals surface area contributed by atoms with Gasteiger partial charge in [-0.05, 0) is 52.8 Å². The SMILES string of the molecule is Brc1ccc(-c2csc(/C(=C/c3ccccc3)c3ccccc3)[o+]2)cc1.[O-][Cl+3]([O-])([O-])[O-]. The second-order valence-corrected chi connectivity index (χ2v) is 8.72. The lowest BCUT2D eigenvalue weighted by Gasteiger charge is -2.17. The van der Waals surface area contributed by atoms with Crippen LogP contribution < -0.4 is 18.6 Å². The molecule has 158 valence electrons. The molecule has 0 spiro atoms. The van der Waals surface area contributed by atoms with Gasteiger partial charge in [-0.3, -0.25) is 0 Å². The van der Waals surface area contributed by atoms with Crippen LogP contribution in [0.4, 0.5) is 0 Å². The monoisotopic (exact) mass is 518 g/mol. The van der Waals surface area contributed by atoms with Crippen molar-refractivity contribution in [2.45, 2.75) is 0 Å². The first-order chi connectivity index (χ1) is 14.8. The molecule has 0 bridgehead atoms. The maximum atomic E-state index is 8.49. The highest BCUT2D eigenvalue weighted by molar-refractivity contribution is 9.10. The number of halogens is 2. The van der Waals surface area contributed by atoms with E-state index in [2.05, 4.69) is 75.9 Å². The van der Waals surface area contributed by atoms with Crippen molar-refractivity contribution in [2.75, 3.05) is 0 Å². The smallest absolute Gasteiger partial charge is 0.222 e. The number of hydrogen-bond acceptors (Lipinski definition) is 5. The van der Waals surface area contributed by atoms with E-state index in [-0.39, 0.29) is 0 Å². The molecule has 0 saturated heterocycles. The summed E-state index contributed by atoms with van der Waals surface area (Å²) in [6, 6.07) is 28.9. The first-order valence-electron chi connectivity index (χ1n) is 8.91. The zero-order valence-corrected chi connectivity index (χ0v) is 19.1. The molecule has 0 amide bonds. The molecule has 0 radical (unpaired) electrons. The summed E-state index contributed by atoms with van der Waals surface area (Å²) in [6.07, 6.45) is 2.18. The van der Waals surface area contributed by atoms with Crippen molar-refractivity contribution in [1.29, 1.82) is 0 Å². The third-order valence-corrected chi connectivity index (χ3v) is 5.40. The fraction of sp³-hybridized carbons (Fsp3) is 0. The Morgan fingerprint density at radius 2 is 1.35 bits per heavy atom. The van der Waals surface area contributed by atoms with Gasteiger partial charge in [0.2, 0.25) is 0 Å². The van der Waals surface area contributed by atoms with Gasteiger partial charge in [-0.2, -0.15) is 4.42 Å². The summed E-state index contributed by atoms with van der Waals surface area (Å²) in [6.45, 7) is 0. The first-order valence-corrected chi connectivity index (χ1v) is 11.8. The standard InChI is InChI=1S/C23H16BrOS.ClHO4/c24-20-13-11-19(12-14-20)22-16-26-23(25-22)21(18-9-5-2-6-10-18)15-17-7-3-1-4-8-17;2-1(3,4)5/h1-16H;(H,2,3,4,5)/q+1;/p-1/b21-15+;. The molecule has 0 aliphatic rings. The Hall–Kier alpha value is -2.36. The molecule has 0 aliphatic carbocycles. The molecule has 4 rings (SSSR count). The van der Waals surface area contributed by atoms with E-state index in [4.69, 9.17) is 23.1 Å². The van der Waals surface area contributed by atoms with Crippen LogP contribution in [0.15, 0.2) is 99.2 Å². The summed E-state index contributed by atoms with van der Waals surface area (Å²) < 4.78 is 41.3. The average molecular weight is 520 g/mol. The fourth-order valence-electron chi connectivity index (χ4n) is 2.71.